The molecule has 0 unspecified atom stereocenters. The van der Waals surface area contributed by atoms with E-state index >= 15 is 0 Å². The Hall–Kier alpha value is -1.25. The number of hydrogen-bond acceptors (Lipinski definition) is 3. The number of ether oxygens (including phenoxy) is 1. The number of nitrogens with zero attached hydrogens (tertiary/aromatic N) is 2. The van der Waals surface area contributed by atoms with Gasteiger partial charge in [0.2, 0.25) is 5.88 Å². The van der Waals surface area contributed by atoms with Crippen molar-refractivity contribution in [2.75, 3.05) is 25.1 Å². The van der Waals surface area contributed by atoms with Gasteiger partial charge in [-0.3, -0.25) is 0 Å². The smallest absolute Gasteiger partial charge is 0.214 e. The molecule has 0 fully saturated rings. The lowest BCUT2D eigenvalue weighted by Gasteiger charge is -2.23. The van der Waals surface area contributed by atoms with E-state index in [1.807, 2.05) is 6.07 Å². The topological polar surface area (TPSA) is 25.4 Å². The van der Waals surface area contributed by atoms with Crippen molar-refractivity contribution in [3.63, 3.8) is 0 Å². The average Bonchev–Trinajstić information content (AvgIpc) is 2.32. The van der Waals surface area contributed by atoms with Gasteiger partial charge in [-0.15, -0.1) is 0 Å². The highest BCUT2D eigenvalue weighted by molar-refractivity contribution is 5.48. The molecule has 0 bridgehead atoms. The monoisotopic (exact) mass is 222 g/mol. The minimum atomic E-state index is 0.690. The molecule has 0 spiro atoms. The highest BCUT2D eigenvalue weighted by Crippen LogP contribution is 2.21. The van der Waals surface area contributed by atoms with Crippen LogP contribution in [0.5, 0.6) is 5.88 Å². The summed E-state index contributed by atoms with van der Waals surface area (Å²) >= 11 is 0. The van der Waals surface area contributed by atoms with Crippen molar-refractivity contribution < 1.29 is 4.74 Å². The Bertz CT molecular complexity index is 326. The fraction of sp³-hybridized carbons (Fsp3) is 0.615. The summed E-state index contributed by atoms with van der Waals surface area (Å²) in [5.74, 6) is 1.74. The van der Waals surface area contributed by atoms with Crippen LogP contribution in [0.3, 0.4) is 0 Å². The molecule has 0 radical (unpaired) electrons. The van der Waals surface area contributed by atoms with Crippen LogP contribution in [0.25, 0.3) is 0 Å². The van der Waals surface area contributed by atoms with Crippen molar-refractivity contribution in [2.24, 2.45) is 0 Å². The van der Waals surface area contributed by atoms with E-state index in [1.165, 1.54) is 18.4 Å². The molecule has 1 heterocycles. The Morgan fingerprint density at radius 3 is 2.62 bits per heavy atom. The maximum Gasteiger partial charge on any atom is 0.214 e. The molecule has 0 saturated carbocycles. The van der Waals surface area contributed by atoms with Gasteiger partial charge in [-0.25, -0.2) is 0 Å². The summed E-state index contributed by atoms with van der Waals surface area (Å²) in [5, 5.41) is 0. The zero-order valence-electron chi connectivity index (χ0n) is 10.8. The first-order valence-corrected chi connectivity index (χ1v) is 5.99. The van der Waals surface area contributed by atoms with Gasteiger partial charge in [0.15, 0.2) is 0 Å². The number of aromatic nitrogens is 1. The molecule has 1 aromatic heterocycles. The molecule has 1 rings (SSSR count). The van der Waals surface area contributed by atoms with Crippen molar-refractivity contribution in [1.29, 1.82) is 0 Å². The maximum atomic E-state index is 5.17. The highest BCUT2D eigenvalue weighted by atomic mass is 16.5. The lowest BCUT2D eigenvalue weighted by molar-refractivity contribution is 0.397. The highest BCUT2D eigenvalue weighted by Gasteiger charge is 2.09. The zero-order chi connectivity index (χ0) is 12.0. The molecule has 0 aliphatic carbocycles. The predicted molar refractivity (Wildman–Crippen MR) is 68.3 cm³/mol. The molecule has 3 nitrogen and oxygen atoms in total. The van der Waals surface area contributed by atoms with E-state index < -0.39 is 0 Å². The number of anilines is 1. The van der Waals surface area contributed by atoms with Gasteiger partial charge in [-0.2, -0.15) is 4.98 Å². The summed E-state index contributed by atoms with van der Waals surface area (Å²) < 4.78 is 5.17. The number of aryl methyl sites for hydroxylation is 1. The Labute approximate surface area is 98.4 Å². The molecule has 0 N–H and O–H groups in total. The summed E-state index contributed by atoms with van der Waals surface area (Å²) in [6, 6.07) is 3.97. The van der Waals surface area contributed by atoms with E-state index in [0.29, 0.717) is 5.88 Å². The Kier molecular flexibility index (Phi) is 5.09. The second-order valence-electron chi connectivity index (χ2n) is 3.93. The van der Waals surface area contributed by atoms with Gasteiger partial charge in [-0.05, 0) is 25.8 Å². The van der Waals surface area contributed by atoms with Crippen LogP contribution in [-0.2, 0) is 0 Å². The normalized spacial score (nSPS) is 10.2. The maximum absolute atomic E-state index is 5.17. The molecule has 0 aliphatic rings. The van der Waals surface area contributed by atoms with Crippen LogP contribution >= 0.6 is 0 Å². The largest absolute Gasteiger partial charge is 0.481 e. The minimum absolute atomic E-state index is 0.690. The first-order chi connectivity index (χ1) is 7.72. The van der Waals surface area contributed by atoms with E-state index in [2.05, 4.69) is 36.7 Å². The molecule has 0 aromatic carbocycles. The summed E-state index contributed by atoms with van der Waals surface area (Å²) in [4.78, 5) is 6.83. The van der Waals surface area contributed by atoms with Gasteiger partial charge in [-0.1, -0.05) is 19.4 Å². The van der Waals surface area contributed by atoms with Crippen LogP contribution in [0.2, 0.25) is 0 Å². The van der Waals surface area contributed by atoms with Gasteiger partial charge in [0, 0.05) is 19.2 Å². The van der Waals surface area contributed by atoms with Gasteiger partial charge in [0.05, 0.1) is 7.11 Å². The van der Waals surface area contributed by atoms with Crippen molar-refractivity contribution in [3.8, 4) is 5.88 Å². The average molecular weight is 222 g/mol. The standard InChI is InChI=1S/C13H22N2O/c1-5-7-10-15(6-2)13-11(3)8-9-12(14-13)16-4/h8-9H,5-7,10H2,1-4H3. The molecule has 16 heavy (non-hydrogen) atoms. The fourth-order valence-corrected chi connectivity index (χ4v) is 1.70. The summed E-state index contributed by atoms with van der Waals surface area (Å²) in [6.45, 7) is 8.52. The number of rotatable bonds is 6. The second-order valence-corrected chi connectivity index (χ2v) is 3.93. The van der Waals surface area contributed by atoms with Crippen molar-refractivity contribution in [3.05, 3.63) is 17.7 Å². The summed E-state index contributed by atoms with van der Waals surface area (Å²) in [7, 11) is 1.66. The SMILES string of the molecule is CCCCN(CC)c1nc(OC)ccc1C. The number of unbranched alkanes of at least 4 members (excludes halogenated alkanes) is 1. The lowest BCUT2D eigenvalue weighted by atomic mass is 10.2. The molecule has 1 aromatic rings. The number of pyridine rings is 1. The Morgan fingerprint density at radius 1 is 1.31 bits per heavy atom. The first-order valence-electron chi connectivity index (χ1n) is 5.99. The fourth-order valence-electron chi connectivity index (χ4n) is 1.70. The molecule has 90 valence electrons. The lowest BCUT2D eigenvalue weighted by Crippen LogP contribution is -2.25. The van der Waals surface area contributed by atoms with E-state index in [4.69, 9.17) is 4.74 Å². The second kappa shape index (κ2) is 6.36. The minimum Gasteiger partial charge on any atom is -0.481 e. The first kappa shape index (κ1) is 12.8. The third-order valence-corrected chi connectivity index (χ3v) is 2.72. The van der Waals surface area contributed by atoms with Gasteiger partial charge >= 0.3 is 0 Å². The van der Waals surface area contributed by atoms with Crippen LogP contribution < -0.4 is 9.64 Å². The third-order valence-electron chi connectivity index (χ3n) is 2.72. The predicted octanol–water partition coefficient (Wildman–Crippen LogP) is 3.03. The van der Waals surface area contributed by atoms with Crippen LogP contribution in [0, 0.1) is 6.92 Å². The van der Waals surface area contributed by atoms with Crippen LogP contribution in [0.15, 0.2) is 12.1 Å². The Balaban J connectivity index is 2.89. The van der Waals surface area contributed by atoms with Gasteiger partial charge in [0.25, 0.3) is 0 Å². The molecule has 0 amide bonds. The number of methoxy groups -OCH3 is 1. The van der Waals surface area contributed by atoms with E-state index in [9.17, 15) is 0 Å². The van der Waals surface area contributed by atoms with Crippen molar-refractivity contribution >= 4 is 5.82 Å². The molecular weight excluding hydrogens is 200 g/mol. The van der Waals surface area contributed by atoms with E-state index in [0.717, 1.165) is 18.9 Å². The van der Waals surface area contributed by atoms with Crippen LogP contribution in [-0.4, -0.2) is 25.2 Å². The summed E-state index contributed by atoms with van der Waals surface area (Å²) in [6.07, 6.45) is 2.41. The van der Waals surface area contributed by atoms with Crippen molar-refractivity contribution in [1.82, 2.24) is 4.98 Å². The number of hydrogen-bond donors (Lipinski definition) is 0. The summed E-state index contributed by atoms with van der Waals surface area (Å²) in [5.41, 5.74) is 1.21. The van der Waals surface area contributed by atoms with Gasteiger partial charge in [0.1, 0.15) is 5.82 Å². The third kappa shape index (κ3) is 3.12. The van der Waals surface area contributed by atoms with Gasteiger partial charge < -0.3 is 9.64 Å². The molecule has 0 saturated heterocycles. The van der Waals surface area contributed by atoms with Crippen molar-refractivity contribution in [2.45, 2.75) is 33.6 Å². The van der Waals surface area contributed by atoms with Crippen LogP contribution in [0.4, 0.5) is 5.82 Å². The van der Waals surface area contributed by atoms with Crippen LogP contribution in [0.1, 0.15) is 32.3 Å². The Morgan fingerprint density at radius 2 is 2.06 bits per heavy atom. The molecule has 3 heteroatoms. The van der Waals surface area contributed by atoms with E-state index in [-0.39, 0.29) is 0 Å². The quantitative estimate of drug-likeness (QED) is 0.739. The molecule has 0 atom stereocenters. The van der Waals surface area contributed by atoms with E-state index in [1.54, 1.807) is 7.11 Å². The molecule has 0 aliphatic heterocycles. The zero-order valence-corrected chi connectivity index (χ0v) is 10.8. The molecular formula is C13H22N2O.